The van der Waals surface area contributed by atoms with Gasteiger partial charge in [-0.25, -0.2) is 9.36 Å². The lowest BCUT2D eigenvalue weighted by Gasteiger charge is -2.00. The summed E-state index contributed by atoms with van der Waals surface area (Å²) in [6, 6.07) is 5.27. The summed E-state index contributed by atoms with van der Waals surface area (Å²) in [5.41, 5.74) is 7.06. The number of pyridine rings is 1. The molecule has 2 heterocycles. The Bertz CT molecular complexity index is 413. The number of rotatable bonds is 1. The lowest BCUT2D eigenvalue weighted by atomic mass is 10.2. The first kappa shape index (κ1) is 8.47. The third kappa shape index (κ3) is 1.64. The molecule has 2 rings (SSSR count). The van der Waals surface area contributed by atoms with E-state index in [9.17, 15) is 0 Å². The summed E-state index contributed by atoms with van der Waals surface area (Å²) < 4.78 is 3.97. The molecule has 0 aliphatic rings. The normalized spacial score (nSPS) is 10.2. The van der Waals surface area contributed by atoms with E-state index in [1.165, 1.54) is 11.5 Å². The molecule has 0 aliphatic carbocycles. The van der Waals surface area contributed by atoms with Gasteiger partial charge in [0.25, 0.3) is 0 Å². The van der Waals surface area contributed by atoms with Crippen LogP contribution in [0.4, 0.5) is 5.69 Å². The van der Waals surface area contributed by atoms with Crippen molar-refractivity contribution >= 4 is 28.8 Å². The van der Waals surface area contributed by atoms with E-state index < -0.39 is 0 Å². The van der Waals surface area contributed by atoms with E-state index in [1.54, 1.807) is 18.3 Å². The number of nitrogens with two attached hydrogens (primary N) is 1. The van der Waals surface area contributed by atoms with E-state index in [0.29, 0.717) is 16.5 Å². The van der Waals surface area contributed by atoms with Gasteiger partial charge in [0.1, 0.15) is 10.8 Å². The first-order chi connectivity index (χ1) is 6.27. The maximum atomic E-state index is 5.75. The van der Waals surface area contributed by atoms with Gasteiger partial charge in [0.05, 0.1) is 10.6 Å². The van der Waals surface area contributed by atoms with Crippen molar-refractivity contribution in [1.29, 1.82) is 0 Å². The summed E-state index contributed by atoms with van der Waals surface area (Å²) in [7, 11) is 0. The molecule has 0 aromatic carbocycles. The van der Waals surface area contributed by atoms with Crippen LogP contribution in [-0.2, 0) is 0 Å². The maximum absolute atomic E-state index is 5.75. The largest absolute Gasteiger partial charge is 0.397 e. The topological polar surface area (TPSA) is 51.8 Å². The van der Waals surface area contributed by atoms with Crippen molar-refractivity contribution in [2.75, 3.05) is 5.73 Å². The van der Waals surface area contributed by atoms with Gasteiger partial charge in [0, 0.05) is 6.20 Å². The van der Waals surface area contributed by atoms with E-state index in [0.717, 1.165) is 4.88 Å². The van der Waals surface area contributed by atoms with Crippen molar-refractivity contribution < 1.29 is 0 Å². The molecule has 0 unspecified atom stereocenters. The van der Waals surface area contributed by atoms with Gasteiger partial charge in [0.2, 0.25) is 0 Å². The zero-order valence-corrected chi connectivity index (χ0v) is 8.14. The summed E-state index contributed by atoms with van der Waals surface area (Å²) in [5, 5.41) is 0.442. The molecule has 0 radical (unpaired) electrons. The van der Waals surface area contributed by atoms with Gasteiger partial charge in [-0.3, -0.25) is 0 Å². The van der Waals surface area contributed by atoms with E-state index in [-0.39, 0.29) is 0 Å². The van der Waals surface area contributed by atoms with E-state index >= 15 is 0 Å². The molecular formula is C8H6ClN3S. The molecule has 0 saturated carbocycles. The van der Waals surface area contributed by atoms with E-state index in [4.69, 9.17) is 17.3 Å². The van der Waals surface area contributed by atoms with Crippen molar-refractivity contribution in [2.24, 2.45) is 0 Å². The van der Waals surface area contributed by atoms with Crippen molar-refractivity contribution in [3.05, 3.63) is 29.5 Å². The molecule has 66 valence electrons. The lowest BCUT2D eigenvalue weighted by molar-refractivity contribution is 1.34. The Hall–Kier alpha value is -1.13. The first-order valence-electron chi connectivity index (χ1n) is 3.60. The van der Waals surface area contributed by atoms with Crippen molar-refractivity contribution in [3.8, 4) is 10.6 Å². The Labute approximate surface area is 84.4 Å². The van der Waals surface area contributed by atoms with Crippen LogP contribution in [0.2, 0.25) is 5.15 Å². The number of halogens is 1. The summed E-state index contributed by atoms with van der Waals surface area (Å²) in [5.74, 6) is 0. The fourth-order valence-corrected chi connectivity index (χ4v) is 1.74. The molecule has 3 nitrogen and oxygen atoms in total. The second-order valence-electron chi connectivity index (χ2n) is 2.45. The van der Waals surface area contributed by atoms with Crippen LogP contribution < -0.4 is 5.73 Å². The third-order valence-corrected chi connectivity index (χ3v) is 2.53. The molecule has 2 aromatic heterocycles. The lowest BCUT2D eigenvalue weighted by Crippen LogP contribution is -1.91. The number of aromatic nitrogens is 2. The zero-order chi connectivity index (χ0) is 9.26. The zero-order valence-electron chi connectivity index (χ0n) is 6.57. The monoisotopic (exact) mass is 211 g/mol. The van der Waals surface area contributed by atoms with Crippen LogP contribution in [0.5, 0.6) is 0 Å². The van der Waals surface area contributed by atoms with Crippen LogP contribution in [0.15, 0.2) is 24.4 Å². The van der Waals surface area contributed by atoms with E-state index in [2.05, 4.69) is 9.36 Å². The molecule has 5 heteroatoms. The molecular weight excluding hydrogens is 206 g/mol. The van der Waals surface area contributed by atoms with Crippen LogP contribution in [0.1, 0.15) is 0 Å². The van der Waals surface area contributed by atoms with Gasteiger partial charge in [-0.1, -0.05) is 11.6 Å². The van der Waals surface area contributed by atoms with Crippen LogP contribution >= 0.6 is 23.1 Å². The number of hydrogen-bond acceptors (Lipinski definition) is 4. The maximum Gasteiger partial charge on any atom is 0.129 e. The van der Waals surface area contributed by atoms with Gasteiger partial charge in [0.15, 0.2) is 0 Å². The second kappa shape index (κ2) is 3.32. The Morgan fingerprint density at radius 1 is 1.31 bits per heavy atom. The third-order valence-electron chi connectivity index (χ3n) is 1.56. The van der Waals surface area contributed by atoms with Crippen LogP contribution in [-0.4, -0.2) is 9.36 Å². The minimum Gasteiger partial charge on any atom is -0.397 e. The highest BCUT2D eigenvalue weighted by atomic mass is 35.5. The molecule has 0 saturated heterocycles. The van der Waals surface area contributed by atoms with Gasteiger partial charge in [-0.15, -0.1) is 0 Å². The predicted molar refractivity (Wildman–Crippen MR) is 54.8 cm³/mol. The van der Waals surface area contributed by atoms with Gasteiger partial charge in [-0.05, 0) is 29.7 Å². The van der Waals surface area contributed by atoms with Gasteiger partial charge < -0.3 is 5.73 Å². The average molecular weight is 212 g/mol. The molecule has 2 N–H and O–H groups in total. The fraction of sp³-hybridized carbons (Fsp3) is 0. The molecule has 0 aliphatic heterocycles. The molecule has 0 spiro atoms. The SMILES string of the molecule is Nc1ccc(Cl)nc1-c1ccns1. The highest BCUT2D eigenvalue weighted by Gasteiger charge is 2.06. The van der Waals surface area contributed by atoms with Crippen molar-refractivity contribution in [1.82, 2.24) is 9.36 Å². The van der Waals surface area contributed by atoms with Crippen molar-refractivity contribution in [3.63, 3.8) is 0 Å². The Morgan fingerprint density at radius 2 is 2.15 bits per heavy atom. The fourth-order valence-electron chi connectivity index (χ4n) is 0.981. The number of anilines is 1. The molecule has 0 atom stereocenters. The standard InChI is InChI=1S/C8H6ClN3S/c9-7-2-1-5(10)8(12-7)6-3-4-11-13-6/h1-4H,10H2. The average Bonchev–Trinajstić information content (AvgIpc) is 2.61. The second-order valence-corrected chi connectivity index (χ2v) is 3.67. The Kier molecular flexibility index (Phi) is 2.16. The van der Waals surface area contributed by atoms with Gasteiger partial charge >= 0.3 is 0 Å². The molecule has 0 fully saturated rings. The highest BCUT2D eigenvalue weighted by molar-refractivity contribution is 7.09. The quantitative estimate of drug-likeness (QED) is 0.738. The first-order valence-corrected chi connectivity index (χ1v) is 4.75. The smallest absolute Gasteiger partial charge is 0.129 e. The summed E-state index contributed by atoms with van der Waals surface area (Å²) in [6.07, 6.45) is 1.71. The Balaban J connectivity index is 2.57. The van der Waals surface area contributed by atoms with Crippen LogP contribution in [0.25, 0.3) is 10.6 Å². The molecule has 2 aromatic rings. The number of nitrogen functional groups attached to an aromatic ring is 1. The Morgan fingerprint density at radius 3 is 2.85 bits per heavy atom. The summed E-state index contributed by atoms with van der Waals surface area (Å²) >= 11 is 7.10. The summed E-state index contributed by atoms with van der Waals surface area (Å²) in [6.45, 7) is 0. The highest BCUT2D eigenvalue weighted by Crippen LogP contribution is 2.27. The molecule has 13 heavy (non-hydrogen) atoms. The predicted octanol–water partition coefficient (Wildman–Crippen LogP) is 2.44. The number of hydrogen-bond donors (Lipinski definition) is 1. The van der Waals surface area contributed by atoms with Crippen LogP contribution in [0, 0.1) is 0 Å². The minimum atomic E-state index is 0.442. The van der Waals surface area contributed by atoms with Gasteiger partial charge in [-0.2, -0.15) is 0 Å². The summed E-state index contributed by atoms with van der Waals surface area (Å²) in [4.78, 5) is 5.06. The van der Waals surface area contributed by atoms with Crippen molar-refractivity contribution in [2.45, 2.75) is 0 Å². The minimum absolute atomic E-state index is 0.442. The molecule has 0 amide bonds. The van der Waals surface area contributed by atoms with E-state index in [1.807, 2.05) is 6.07 Å². The number of nitrogens with zero attached hydrogens (tertiary/aromatic N) is 2. The van der Waals surface area contributed by atoms with Crippen LogP contribution in [0.3, 0.4) is 0 Å². The molecule has 0 bridgehead atoms.